The largest absolute Gasteiger partial charge is 0.507 e. The van der Waals surface area contributed by atoms with Crippen molar-refractivity contribution < 1.29 is 14.6 Å². The molecule has 13 aromatic rings. The quantitative estimate of drug-likeness (QED) is 0.0859. The standard InChI is InChI=1S/C30H39S.C26H31S.C18H23S2.C17H21O2S2.C14H14OS2.C14H21S2/c1-28(2,3)22-10-16-25(17-11-22)31(26-18-12-23(13-19-26)29(4,5)6)27-20-14-24(15-21-27)30(7,8)9;1-25(2,3)20-12-16-23(17-13-20)27(22-10-8-7-9-11-22)24-18-14-21(15-19-24)26(4,5)6;1-18(2,3)16-8-9-17(20-12-10-19-11-13-20)15-7-5-4-6-14(15)16;1-18-8-9-19-16-6-7-17(21-12-10-20-11-13-21)15-5-3-2-4-14(15)16;15-13-5-6-14(17-9-7-16-8-10-17)12-4-2-1-3-11(12)13;1-14(2,3)12-4-6-13(7-5-12)16-10-8-15-9-11-16/h10-21H,1-9H3;7-19H,1-6H3;4-9H,10-13H2,1-3H3;2-7H,8-13H2,1H3;1-6H,7-10H2;4-7H,8-11H2,1-3H3/q4*+1;;+1/p+1. The van der Waals surface area contributed by atoms with E-state index in [2.05, 4.69) is 459 Å². The van der Waals surface area contributed by atoms with Crippen molar-refractivity contribution in [3.63, 3.8) is 0 Å². The second-order valence-electron chi connectivity index (χ2n) is 41.6. The molecule has 0 bridgehead atoms. The Hall–Kier alpha value is -6.30. The number of thioether (sulfide) groups is 4. The van der Waals surface area contributed by atoms with Gasteiger partial charge in [-0.3, -0.25) is 0 Å². The van der Waals surface area contributed by atoms with Crippen molar-refractivity contribution in [2.24, 2.45) is 0 Å². The molecule has 4 saturated heterocycles. The maximum Gasteiger partial charge on any atom is 0.166 e. The third-order valence-corrected chi connectivity index (χ3v) is 44.4. The maximum absolute atomic E-state index is 9.89. The minimum atomic E-state index is -0.120. The van der Waals surface area contributed by atoms with Crippen LogP contribution in [0.1, 0.15) is 184 Å². The van der Waals surface area contributed by atoms with Gasteiger partial charge in [0.05, 0.1) is 28.4 Å². The molecule has 0 aromatic heterocycles. The topological polar surface area (TPSA) is 38.7 Å². The highest BCUT2D eigenvalue weighted by Crippen LogP contribution is 2.42. The minimum absolute atomic E-state index is 0.0847. The normalized spacial score (nSPS) is 15.3. The molecule has 17 rings (SSSR count). The zero-order valence-corrected chi connectivity index (χ0v) is 91.4. The third kappa shape index (κ3) is 29.2. The van der Waals surface area contributed by atoms with Gasteiger partial charge in [-0.15, -0.1) is 0 Å². The second-order valence-corrected chi connectivity index (χ2v) is 59.6. The molecule has 0 unspecified atom stereocenters. The van der Waals surface area contributed by atoms with Gasteiger partial charge < -0.3 is 14.6 Å². The van der Waals surface area contributed by atoms with Gasteiger partial charge in [0.2, 0.25) is 0 Å². The van der Waals surface area contributed by atoms with Crippen molar-refractivity contribution >= 4 is 145 Å². The summed E-state index contributed by atoms with van der Waals surface area (Å²) in [5, 5.41) is 17.7. The first-order valence-corrected chi connectivity index (χ1v) is 60.7. The Bertz CT molecular complexity index is 5530. The lowest BCUT2D eigenvalue weighted by molar-refractivity contribution is 0.147. The molecule has 0 aliphatic carbocycles. The molecule has 698 valence electrons. The monoisotopic (exact) mass is 1950 g/mol. The van der Waals surface area contributed by atoms with Crippen LogP contribution in [-0.2, 0) is 108 Å². The molecule has 4 aliphatic rings. The van der Waals surface area contributed by atoms with E-state index in [9.17, 15) is 5.11 Å². The number of rotatable bonds is 14. The van der Waals surface area contributed by atoms with E-state index in [4.69, 9.17) is 9.47 Å². The first kappa shape index (κ1) is 105. The van der Waals surface area contributed by atoms with Gasteiger partial charge in [0.15, 0.2) is 49.0 Å². The summed E-state index contributed by atoms with van der Waals surface area (Å²) in [6.07, 6.45) is 0. The van der Waals surface area contributed by atoms with Crippen molar-refractivity contribution in [1.29, 1.82) is 0 Å². The van der Waals surface area contributed by atoms with Crippen LogP contribution in [0.5, 0.6) is 11.5 Å². The van der Waals surface area contributed by atoms with Gasteiger partial charge >= 0.3 is 0 Å². The highest BCUT2D eigenvalue weighted by Gasteiger charge is 2.36. The molecule has 4 aliphatic heterocycles. The Morgan fingerprint density at radius 2 is 0.508 bits per heavy atom. The molecule has 0 radical (unpaired) electrons. The van der Waals surface area contributed by atoms with E-state index in [0.29, 0.717) is 62.5 Å². The Morgan fingerprint density at radius 3 is 0.826 bits per heavy atom. The molecule has 13 heteroatoms. The number of fused-ring (bicyclic) bond motifs is 3. The maximum atomic E-state index is 9.89. The van der Waals surface area contributed by atoms with E-state index in [-0.39, 0.29) is 59.7 Å². The number of ether oxygens (including phenoxy) is 2. The van der Waals surface area contributed by atoms with Gasteiger partial charge in [-0.2, -0.15) is 47.0 Å². The van der Waals surface area contributed by atoms with E-state index in [1.165, 1.54) is 197 Å². The number of aromatic hydroxyl groups is 1. The van der Waals surface area contributed by atoms with Crippen LogP contribution >= 0.6 is 47.0 Å². The van der Waals surface area contributed by atoms with E-state index >= 15 is 0 Å². The van der Waals surface area contributed by atoms with Crippen LogP contribution in [0.4, 0.5) is 0 Å². The summed E-state index contributed by atoms with van der Waals surface area (Å²) in [5.74, 6) is 22.6. The predicted octanol–water partition coefficient (Wildman–Crippen LogP) is 31.5. The highest BCUT2D eigenvalue weighted by molar-refractivity contribution is 8.06. The van der Waals surface area contributed by atoms with Crippen molar-refractivity contribution in [2.75, 3.05) is 112 Å². The lowest BCUT2D eigenvalue weighted by Gasteiger charge is -2.23. The lowest BCUT2D eigenvalue weighted by atomic mass is 9.84. The molecule has 3 nitrogen and oxygen atoms in total. The smallest absolute Gasteiger partial charge is 0.166 e. The Balaban J connectivity index is 0.000000145. The summed E-state index contributed by atoms with van der Waals surface area (Å²) in [6.45, 7) is 49.1. The van der Waals surface area contributed by atoms with Crippen molar-refractivity contribution in [1.82, 2.24) is 0 Å². The number of benzene rings is 13. The molecule has 4 heterocycles. The van der Waals surface area contributed by atoms with Gasteiger partial charge in [-0.05, 0) is 216 Å². The van der Waals surface area contributed by atoms with Crippen LogP contribution in [0, 0.1) is 0 Å². The first-order chi connectivity index (χ1) is 62.8. The molecule has 4 fully saturated rings. The zero-order chi connectivity index (χ0) is 94.6. The molecular formula is C119H150O3S10+6. The summed E-state index contributed by atoms with van der Waals surface area (Å²) in [7, 11) is 3.27. The summed E-state index contributed by atoms with van der Waals surface area (Å²) in [5.41, 5.74) is 11.2. The summed E-state index contributed by atoms with van der Waals surface area (Å²) in [6, 6.07) is 106. The van der Waals surface area contributed by atoms with Gasteiger partial charge in [-0.25, -0.2) is 0 Å². The van der Waals surface area contributed by atoms with Gasteiger partial charge in [0, 0.05) is 124 Å². The average molecular weight is 1950 g/mol. The fourth-order valence-electron chi connectivity index (χ4n) is 16.5. The van der Waals surface area contributed by atoms with Crippen LogP contribution in [0.2, 0.25) is 0 Å². The first-order valence-electron chi connectivity index (χ1n) is 47.4. The molecule has 1 N–H and O–H groups in total. The van der Waals surface area contributed by atoms with Gasteiger partial charge in [0.25, 0.3) is 0 Å². The molecule has 0 spiro atoms. The summed E-state index contributed by atoms with van der Waals surface area (Å²) >= 11 is 8.36. The van der Waals surface area contributed by atoms with E-state index < -0.39 is 0 Å². The number of phenols is 1. The van der Waals surface area contributed by atoms with Crippen LogP contribution in [-0.4, -0.2) is 117 Å². The minimum Gasteiger partial charge on any atom is -0.507 e. The SMILES string of the molecule is CC(C)(C)c1ccc([S+](c2ccc(C(C)(C)C)cc2)c2ccc(C(C)(C)C)cc2)cc1.CC(C)(C)c1ccc([S+](c2ccccc2)c2ccc(C(C)(C)C)cc2)cc1.CC(C)(C)c1ccc([S+]2CCSCC2)c2ccccc12.CC(C)(C)c1ccc([S+]2CCSCC2)cc1.COCCOc1ccc([S+]2CCSCC2)c2ccccc12.Oc1ccc([S+]2CCSCC2)c2ccccc12. The molecule has 0 saturated carbocycles. The Morgan fingerprint density at radius 1 is 0.250 bits per heavy atom. The van der Waals surface area contributed by atoms with Crippen LogP contribution in [0.25, 0.3) is 32.3 Å². The fraction of sp³-hybridized carbons (Fsp3) is 0.395. The number of hydrogen-bond donors (Lipinski definition) is 1. The van der Waals surface area contributed by atoms with Gasteiger partial charge in [0.1, 0.15) is 64.1 Å². The second kappa shape index (κ2) is 47.8. The van der Waals surface area contributed by atoms with E-state index in [0.717, 1.165) is 11.1 Å². The highest BCUT2D eigenvalue weighted by atomic mass is 32.2. The summed E-state index contributed by atoms with van der Waals surface area (Å²) < 4.78 is 10.9. The molecule has 13 aromatic carbocycles. The van der Waals surface area contributed by atoms with Crippen LogP contribution in [0.15, 0.2) is 334 Å². The number of phenolic OH excluding ortho intramolecular Hbond substituents is 1. The number of hydrogen-bond acceptors (Lipinski definition) is 7. The average Bonchev–Trinajstić information content (AvgIpc) is 0.791. The number of methoxy groups -OCH3 is 1. The predicted molar refractivity (Wildman–Crippen MR) is 602 cm³/mol. The Labute approximate surface area is 831 Å². The van der Waals surface area contributed by atoms with Gasteiger partial charge in [-0.1, -0.05) is 297 Å². The molecule has 132 heavy (non-hydrogen) atoms. The summed E-state index contributed by atoms with van der Waals surface area (Å²) in [4.78, 5) is 14.4. The van der Waals surface area contributed by atoms with E-state index in [1.807, 2.05) is 18.2 Å². The molecular weight excluding hydrogens is 1800 g/mol. The molecule has 0 atom stereocenters. The zero-order valence-electron chi connectivity index (χ0n) is 83.2. The van der Waals surface area contributed by atoms with E-state index in [1.54, 1.807) is 16.9 Å². The van der Waals surface area contributed by atoms with Crippen molar-refractivity contribution in [3.8, 4) is 11.5 Å². The lowest BCUT2D eigenvalue weighted by Crippen LogP contribution is -2.22. The van der Waals surface area contributed by atoms with Crippen LogP contribution < -0.4 is 4.74 Å². The third-order valence-electron chi connectivity index (χ3n) is 24.5. The van der Waals surface area contributed by atoms with Crippen LogP contribution in [0.3, 0.4) is 0 Å². The fourth-order valence-corrected chi connectivity index (χ4v) is 37.0. The van der Waals surface area contributed by atoms with Crippen molar-refractivity contribution in [2.45, 2.75) is 232 Å². The Kier molecular flexibility index (Phi) is 37.9. The molecule has 0 amide bonds. The van der Waals surface area contributed by atoms with Crippen molar-refractivity contribution in [3.05, 3.63) is 324 Å².